The maximum atomic E-state index is 4.96. The minimum absolute atomic E-state index is 0.572. The Morgan fingerprint density at radius 2 is 1.95 bits per heavy atom. The number of hydrogen-bond donors (Lipinski definition) is 0. The summed E-state index contributed by atoms with van der Waals surface area (Å²) in [5.41, 5.74) is 0.983. The fraction of sp³-hybridized carbons (Fsp3) is 0.214. The van der Waals surface area contributed by atoms with Gasteiger partial charge in [-0.2, -0.15) is 4.98 Å². The highest BCUT2D eigenvalue weighted by molar-refractivity contribution is 5.80. The first-order chi connectivity index (χ1) is 9.22. The summed E-state index contributed by atoms with van der Waals surface area (Å²) in [5.74, 6) is 2.13. The van der Waals surface area contributed by atoms with Crippen LogP contribution < -0.4 is 4.90 Å². The van der Waals surface area contributed by atoms with Crippen molar-refractivity contribution in [1.82, 2.24) is 15.1 Å². The first kappa shape index (κ1) is 11.6. The molecule has 0 saturated heterocycles. The quantitative estimate of drug-likeness (QED) is 0.719. The van der Waals surface area contributed by atoms with Gasteiger partial charge in [0.1, 0.15) is 5.82 Å². The van der Waals surface area contributed by atoms with Crippen LogP contribution in [0.15, 0.2) is 40.9 Å². The Morgan fingerprint density at radius 1 is 1.11 bits per heavy atom. The van der Waals surface area contributed by atoms with Crippen LogP contribution in [-0.2, 0) is 6.54 Å². The molecule has 5 heteroatoms. The van der Waals surface area contributed by atoms with Gasteiger partial charge in [0, 0.05) is 19.4 Å². The number of aryl methyl sites for hydroxylation is 1. The maximum absolute atomic E-state index is 4.96. The van der Waals surface area contributed by atoms with Gasteiger partial charge in [-0.15, -0.1) is 0 Å². The second kappa shape index (κ2) is 4.68. The molecule has 96 valence electrons. The molecule has 0 fully saturated rings. The second-order valence-electron chi connectivity index (χ2n) is 4.45. The molecular weight excluding hydrogens is 240 g/mol. The van der Waals surface area contributed by atoms with E-state index in [0.717, 1.165) is 16.7 Å². The number of benzene rings is 1. The van der Waals surface area contributed by atoms with Gasteiger partial charge in [0.2, 0.25) is 5.89 Å². The second-order valence-corrected chi connectivity index (χ2v) is 4.45. The normalized spacial score (nSPS) is 10.8. The molecule has 0 saturated carbocycles. The summed E-state index contributed by atoms with van der Waals surface area (Å²) in [6.45, 7) is 2.35. The van der Waals surface area contributed by atoms with Gasteiger partial charge in [-0.1, -0.05) is 23.4 Å². The molecule has 0 radical (unpaired) electrons. The van der Waals surface area contributed by atoms with Gasteiger partial charge >= 0.3 is 0 Å². The lowest BCUT2D eigenvalue weighted by Gasteiger charge is -2.16. The van der Waals surface area contributed by atoms with Crippen LogP contribution >= 0.6 is 0 Å². The number of aromatic nitrogens is 3. The van der Waals surface area contributed by atoms with E-state index in [1.165, 1.54) is 0 Å². The Balaban J connectivity index is 1.86. The van der Waals surface area contributed by atoms with E-state index < -0.39 is 0 Å². The average molecular weight is 254 g/mol. The molecule has 0 atom stereocenters. The molecule has 0 unspecified atom stereocenters. The van der Waals surface area contributed by atoms with Crippen LogP contribution in [0.25, 0.3) is 10.9 Å². The van der Waals surface area contributed by atoms with Gasteiger partial charge in [0.15, 0.2) is 5.82 Å². The van der Waals surface area contributed by atoms with Crippen molar-refractivity contribution < 1.29 is 4.52 Å². The summed E-state index contributed by atoms with van der Waals surface area (Å²) in [6, 6.07) is 12.1. The first-order valence-corrected chi connectivity index (χ1v) is 6.08. The monoisotopic (exact) mass is 254 g/mol. The summed E-state index contributed by atoms with van der Waals surface area (Å²) in [5, 5.41) is 5.02. The topological polar surface area (TPSA) is 55.1 Å². The zero-order valence-electron chi connectivity index (χ0n) is 10.9. The van der Waals surface area contributed by atoms with Crippen molar-refractivity contribution in [1.29, 1.82) is 0 Å². The lowest BCUT2D eigenvalue weighted by Crippen LogP contribution is -2.18. The van der Waals surface area contributed by atoms with E-state index in [0.29, 0.717) is 18.3 Å². The SMILES string of the molecule is Cc1nc(CN(C)c2ccc3ccccc3n2)no1. The summed E-state index contributed by atoms with van der Waals surface area (Å²) < 4.78 is 4.96. The van der Waals surface area contributed by atoms with Crippen molar-refractivity contribution in [3.63, 3.8) is 0 Å². The lowest BCUT2D eigenvalue weighted by atomic mass is 10.2. The van der Waals surface area contributed by atoms with Crippen LogP contribution in [0.1, 0.15) is 11.7 Å². The third-order valence-electron chi connectivity index (χ3n) is 2.92. The summed E-state index contributed by atoms with van der Waals surface area (Å²) in [4.78, 5) is 10.8. The number of nitrogens with zero attached hydrogens (tertiary/aromatic N) is 4. The van der Waals surface area contributed by atoms with Crippen molar-refractivity contribution in [2.45, 2.75) is 13.5 Å². The Labute approximate surface area is 110 Å². The van der Waals surface area contributed by atoms with Crippen LogP contribution in [0.3, 0.4) is 0 Å². The van der Waals surface area contributed by atoms with E-state index in [4.69, 9.17) is 4.52 Å². The molecule has 2 heterocycles. The molecule has 3 aromatic rings. The van der Waals surface area contributed by atoms with Crippen LogP contribution in [0.4, 0.5) is 5.82 Å². The highest BCUT2D eigenvalue weighted by atomic mass is 16.5. The third kappa shape index (κ3) is 2.40. The van der Waals surface area contributed by atoms with Crippen molar-refractivity contribution in [2.24, 2.45) is 0 Å². The zero-order valence-corrected chi connectivity index (χ0v) is 10.9. The van der Waals surface area contributed by atoms with Crippen LogP contribution in [-0.4, -0.2) is 22.2 Å². The van der Waals surface area contributed by atoms with Crippen molar-refractivity contribution in [3.05, 3.63) is 48.1 Å². The fourth-order valence-electron chi connectivity index (χ4n) is 1.97. The third-order valence-corrected chi connectivity index (χ3v) is 2.92. The van der Waals surface area contributed by atoms with Crippen LogP contribution in [0.2, 0.25) is 0 Å². The van der Waals surface area contributed by atoms with Gasteiger partial charge in [-0.3, -0.25) is 0 Å². The number of para-hydroxylation sites is 1. The highest BCUT2D eigenvalue weighted by Crippen LogP contribution is 2.17. The first-order valence-electron chi connectivity index (χ1n) is 6.08. The van der Waals surface area contributed by atoms with Gasteiger partial charge in [-0.25, -0.2) is 4.98 Å². The van der Waals surface area contributed by atoms with E-state index in [-0.39, 0.29) is 0 Å². The van der Waals surface area contributed by atoms with Crippen molar-refractivity contribution >= 4 is 16.7 Å². The van der Waals surface area contributed by atoms with Gasteiger partial charge in [0.05, 0.1) is 12.1 Å². The van der Waals surface area contributed by atoms with Crippen molar-refractivity contribution in [3.8, 4) is 0 Å². The molecule has 0 aliphatic rings. The number of rotatable bonds is 3. The molecule has 1 aromatic carbocycles. The molecule has 0 spiro atoms. The van der Waals surface area contributed by atoms with Gasteiger partial charge in [-0.05, 0) is 18.2 Å². The zero-order chi connectivity index (χ0) is 13.2. The van der Waals surface area contributed by atoms with Gasteiger partial charge < -0.3 is 9.42 Å². The largest absolute Gasteiger partial charge is 0.352 e. The predicted octanol–water partition coefficient (Wildman–Crippen LogP) is 2.56. The maximum Gasteiger partial charge on any atom is 0.223 e. The Morgan fingerprint density at radius 3 is 2.74 bits per heavy atom. The highest BCUT2D eigenvalue weighted by Gasteiger charge is 2.08. The molecular formula is C14H14N4O. The lowest BCUT2D eigenvalue weighted by molar-refractivity contribution is 0.387. The molecule has 0 bridgehead atoms. The van der Waals surface area contributed by atoms with Crippen molar-refractivity contribution in [2.75, 3.05) is 11.9 Å². The smallest absolute Gasteiger partial charge is 0.223 e. The minimum Gasteiger partial charge on any atom is -0.352 e. The molecule has 0 N–H and O–H groups in total. The molecule has 3 rings (SSSR count). The van der Waals surface area contributed by atoms with E-state index in [1.54, 1.807) is 6.92 Å². The average Bonchev–Trinajstić information content (AvgIpc) is 2.83. The summed E-state index contributed by atoms with van der Waals surface area (Å²) in [7, 11) is 1.96. The molecule has 0 aliphatic heterocycles. The Hall–Kier alpha value is -2.43. The molecule has 2 aromatic heterocycles. The number of fused-ring (bicyclic) bond motifs is 1. The van der Waals surface area contributed by atoms with E-state index in [9.17, 15) is 0 Å². The molecule has 0 amide bonds. The van der Waals surface area contributed by atoms with E-state index in [2.05, 4.69) is 27.3 Å². The van der Waals surface area contributed by atoms with E-state index >= 15 is 0 Å². The fourth-order valence-corrected chi connectivity index (χ4v) is 1.97. The molecule has 19 heavy (non-hydrogen) atoms. The summed E-state index contributed by atoms with van der Waals surface area (Å²) >= 11 is 0. The summed E-state index contributed by atoms with van der Waals surface area (Å²) in [6.07, 6.45) is 0. The number of hydrogen-bond acceptors (Lipinski definition) is 5. The number of anilines is 1. The standard InChI is InChI=1S/C14H14N4O/c1-10-15-13(17-19-10)9-18(2)14-8-7-11-5-3-4-6-12(11)16-14/h3-8H,9H2,1-2H3. The Bertz CT molecular complexity index is 707. The van der Waals surface area contributed by atoms with Gasteiger partial charge in [0.25, 0.3) is 0 Å². The number of pyridine rings is 1. The van der Waals surface area contributed by atoms with Crippen LogP contribution in [0.5, 0.6) is 0 Å². The molecule has 5 nitrogen and oxygen atoms in total. The van der Waals surface area contributed by atoms with Crippen LogP contribution in [0, 0.1) is 6.92 Å². The van der Waals surface area contributed by atoms with E-state index in [1.807, 2.05) is 36.2 Å². The Kier molecular flexibility index (Phi) is 2.87. The predicted molar refractivity (Wildman–Crippen MR) is 72.9 cm³/mol. The minimum atomic E-state index is 0.572. The molecule has 0 aliphatic carbocycles.